The lowest BCUT2D eigenvalue weighted by Gasteiger charge is -2.04. The molecule has 0 unspecified atom stereocenters. The molecule has 16 heavy (non-hydrogen) atoms. The fourth-order valence-electron chi connectivity index (χ4n) is 1.57. The summed E-state index contributed by atoms with van der Waals surface area (Å²) in [4.78, 5) is 6.48. The van der Waals surface area contributed by atoms with Gasteiger partial charge in [-0.25, -0.2) is 9.37 Å². The summed E-state index contributed by atoms with van der Waals surface area (Å²) in [5.74, 6) is -0.431. The molecular weight excluding hydrogens is 223 g/mol. The third kappa shape index (κ3) is 2.33. The highest BCUT2D eigenvalue weighted by atomic mass is 32.1. The fourth-order valence-corrected chi connectivity index (χ4v) is 1.75. The molecule has 1 heterocycles. The number of nitrogens with zero attached hydrogens (tertiary/aromatic N) is 1. The van der Waals surface area contributed by atoms with Crippen molar-refractivity contribution >= 4 is 12.2 Å². The van der Waals surface area contributed by atoms with Gasteiger partial charge in [0.2, 0.25) is 0 Å². The van der Waals surface area contributed by atoms with E-state index in [1.165, 1.54) is 6.33 Å². The van der Waals surface area contributed by atoms with Gasteiger partial charge in [0.25, 0.3) is 0 Å². The van der Waals surface area contributed by atoms with Crippen LogP contribution in [0.1, 0.15) is 16.8 Å². The monoisotopic (exact) mass is 234 g/mol. The molecule has 0 aliphatic carbocycles. The van der Waals surface area contributed by atoms with Gasteiger partial charge in [0, 0.05) is 6.42 Å². The van der Waals surface area contributed by atoms with Crippen LogP contribution in [-0.2, 0) is 6.42 Å². The van der Waals surface area contributed by atoms with Gasteiger partial charge in [-0.2, -0.15) is 0 Å². The van der Waals surface area contributed by atoms with E-state index in [2.05, 4.69) is 9.97 Å². The summed E-state index contributed by atoms with van der Waals surface area (Å²) < 4.78 is 13.6. The van der Waals surface area contributed by atoms with Gasteiger partial charge in [-0.3, -0.25) is 0 Å². The lowest BCUT2D eigenvalue weighted by molar-refractivity contribution is 0.590. The van der Waals surface area contributed by atoms with Crippen molar-refractivity contribution in [3.05, 3.63) is 57.9 Å². The maximum absolute atomic E-state index is 13.6. The predicted octanol–water partition coefficient (Wildman–Crippen LogP) is 3.18. The summed E-state index contributed by atoms with van der Waals surface area (Å²) in [5, 5.41) is 0. The molecule has 0 atom stereocenters. The van der Waals surface area contributed by atoms with Gasteiger partial charge in [0.15, 0.2) is 10.5 Å². The molecule has 2 nitrogen and oxygen atoms in total. The molecule has 0 saturated carbocycles. The first-order valence-electron chi connectivity index (χ1n) is 4.94. The zero-order valence-corrected chi connectivity index (χ0v) is 9.64. The predicted molar refractivity (Wildman–Crippen MR) is 63.4 cm³/mol. The summed E-state index contributed by atoms with van der Waals surface area (Å²) >= 11 is 4.78. The quantitative estimate of drug-likeness (QED) is 0.808. The second kappa shape index (κ2) is 4.53. The highest BCUT2D eigenvalue weighted by molar-refractivity contribution is 7.71. The van der Waals surface area contributed by atoms with Crippen LogP contribution in [-0.4, -0.2) is 9.97 Å². The van der Waals surface area contributed by atoms with Gasteiger partial charge in [0.05, 0.1) is 12.0 Å². The minimum absolute atomic E-state index is 0.0152. The van der Waals surface area contributed by atoms with E-state index in [9.17, 15) is 4.39 Å². The van der Waals surface area contributed by atoms with E-state index in [0.29, 0.717) is 12.1 Å². The zero-order valence-electron chi connectivity index (χ0n) is 8.83. The number of hydrogen-bond donors (Lipinski definition) is 1. The van der Waals surface area contributed by atoms with Crippen LogP contribution in [0, 0.1) is 17.4 Å². The standard InChI is InChI=1S/C12H11FN2S/c1-8-3-2-4-9(5-8)6-10-11(13)12(16)15-7-14-10/h2-5,7H,6H2,1H3,(H,14,15,16). The number of aromatic amines is 1. The van der Waals surface area contributed by atoms with Gasteiger partial charge in [-0.1, -0.05) is 42.0 Å². The Morgan fingerprint density at radius 3 is 3.00 bits per heavy atom. The molecule has 4 heteroatoms. The largest absolute Gasteiger partial charge is 0.347 e. The number of H-pyrrole nitrogens is 1. The second-order valence-electron chi connectivity index (χ2n) is 3.67. The Labute approximate surface area is 98.2 Å². The highest BCUT2D eigenvalue weighted by Gasteiger charge is 2.05. The molecule has 0 aliphatic heterocycles. The first kappa shape index (κ1) is 11.0. The van der Waals surface area contributed by atoms with Crippen LogP contribution in [0.4, 0.5) is 4.39 Å². The lowest BCUT2D eigenvalue weighted by atomic mass is 10.1. The van der Waals surface area contributed by atoms with E-state index in [1.807, 2.05) is 31.2 Å². The van der Waals surface area contributed by atoms with E-state index in [1.54, 1.807) is 0 Å². The number of hydrogen-bond acceptors (Lipinski definition) is 2. The van der Waals surface area contributed by atoms with Gasteiger partial charge in [-0.05, 0) is 12.5 Å². The van der Waals surface area contributed by atoms with Crippen molar-refractivity contribution in [1.29, 1.82) is 0 Å². The van der Waals surface area contributed by atoms with Gasteiger partial charge < -0.3 is 4.98 Å². The molecule has 1 aromatic carbocycles. The van der Waals surface area contributed by atoms with Crippen LogP contribution >= 0.6 is 12.2 Å². The molecule has 82 valence electrons. The minimum atomic E-state index is -0.431. The number of halogens is 1. The summed E-state index contributed by atoms with van der Waals surface area (Å²) in [5.41, 5.74) is 2.69. The van der Waals surface area contributed by atoms with E-state index >= 15 is 0 Å². The van der Waals surface area contributed by atoms with Crippen LogP contribution in [0.5, 0.6) is 0 Å². The average Bonchev–Trinajstić information content (AvgIpc) is 2.25. The molecule has 0 aliphatic rings. The van der Waals surface area contributed by atoms with Crippen LogP contribution in [0.25, 0.3) is 0 Å². The maximum Gasteiger partial charge on any atom is 0.179 e. The summed E-state index contributed by atoms with van der Waals surface area (Å²) in [6.45, 7) is 2.01. The van der Waals surface area contributed by atoms with Crippen LogP contribution in [0.15, 0.2) is 30.6 Å². The summed E-state index contributed by atoms with van der Waals surface area (Å²) in [6, 6.07) is 7.95. The van der Waals surface area contributed by atoms with Crippen molar-refractivity contribution in [3.8, 4) is 0 Å². The van der Waals surface area contributed by atoms with Crippen molar-refractivity contribution in [2.24, 2.45) is 0 Å². The summed E-state index contributed by atoms with van der Waals surface area (Å²) in [6.07, 6.45) is 1.93. The molecule has 0 fully saturated rings. The van der Waals surface area contributed by atoms with Crippen molar-refractivity contribution in [3.63, 3.8) is 0 Å². The Kier molecular flexibility index (Phi) is 3.10. The molecule has 2 aromatic rings. The van der Waals surface area contributed by atoms with E-state index in [-0.39, 0.29) is 4.64 Å². The van der Waals surface area contributed by atoms with E-state index < -0.39 is 5.82 Å². The van der Waals surface area contributed by atoms with Crippen molar-refractivity contribution in [1.82, 2.24) is 9.97 Å². The van der Waals surface area contributed by atoms with E-state index in [4.69, 9.17) is 12.2 Å². The Morgan fingerprint density at radius 2 is 2.25 bits per heavy atom. The first-order valence-corrected chi connectivity index (χ1v) is 5.35. The smallest absolute Gasteiger partial charge is 0.179 e. The number of benzene rings is 1. The molecule has 0 amide bonds. The first-order chi connectivity index (χ1) is 7.66. The average molecular weight is 234 g/mol. The Hall–Kier alpha value is -1.55. The molecule has 0 spiro atoms. The van der Waals surface area contributed by atoms with Crippen LogP contribution < -0.4 is 0 Å². The van der Waals surface area contributed by atoms with Crippen LogP contribution in [0.2, 0.25) is 0 Å². The normalized spacial score (nSPS) is 10.4. The zero-order chi connectivity index (χ0) is 11.5. The number of aromatic nitrogens is 2. The third-order valence-corrected chi connectivity index (χ3v) is 2.62. The van der Waals surface area contributed by atoms with Crippen molar-refractivity contribution < 1.29 is 4.39 Å². The molecule has 0 bridgehead atoms. The number of nitrogens with one attached hydrogen (secondary N) is 1. The molecule has 1 aromatic heterocycles. The second-order valence-corrected chi connectivity index (χ2v) is 4.05. The topological polar surface area (TPSA) is 28.7 Å². The van der Waals surface area contributed by atoms with Gasteiger partial charge in [0.1, 0.15) is 0 Å². The van der Waals surface area contributed by atoms with Crippen LogP contribution in [0.3, 0.4) is 0 Å². The molecule has 0 radical (unpaired) electrons. The third-order valence-electron chi connectivity index (χ3n) is 2.34. The molecule has 1 N–H and O–H groups in total. The van der Waals surface area contributed by atoms with E-state index in [0.717, 1.165) is 11.1 Å². The number of rotatable bonds is 2. The maximum atomic E-state index is 13.6. The minimum Gasteiger partial charge on any atom is -0.347 e. The Bertz CT molecular complexity index is 563. The fraction of sp³-hybridized carbons (Fsp3) is 0.167. The Balaban J connectivity index is 2.34. The van der Waals surface area contributed by atoms with Gasteiger partial charge >= 0.3 is 0 Å². The highest BCUT2D eigenvalue weighted by Crippen LogP contribution is 2.12. The molecular formula is C12H11FN2S. The Morgan fingerprint density at radius 1 is 1.44 bits per heavy atom. The molecule has 0 saturated heterocycles. The van der Waals surface area contributed by atoms with Gasteiger partial charge in [-0.15, -0.1) is 0 Å². The number of aryl methyl sites for hydroxylation is 1. The van der Waals surface area contributed by atoms with Crippen molar-refractivity contribution in [2.75, 3.05) is 0 Å². The summed E-state index contributed by atoms with van der Waals surface area (Å²) in [7, 11) is 0. The van der Waals surface area contributed by atoms with Crippen molar-refractivity contribution in [2.45, 2.75) is 13.3 Å². The molecule has 2 rings (SSSR count). The lowest BCUT2D eigenvalue weighted by Crippen LogP contribution is -1.99. The SMILES string of the molecule is Cc1cccc(Cc2[nH]cnc(=S)c2F)c1.